The van der Waals surface area contributed by atoms with Crippen LogP contribution in [0.4, 0.5) is 0 Å². The van der Waals surface area contributed by atoms with Crippen LogP contribution < -0.4 is 10.5 Å². The highest BCUT2D eigenvalue weighted by Crippen LogP contribution is 2.35. The zero-order valence-electron chi connectivity index (χ0n) is 7.53. The second-order valence-corrected chi connectivity index (χ2v) is 3.33. The summed E-state index contributed by atoms with van der Waals surface area (Å²) in [4.78, 5) is 0. The number of aliphatic hydroxyl groups is 1. The standard InChI is InChI=1S/C10H13NO2/c1-13-9-4-2-3-6-7(9)5-8(12)10(6)11/h2-4,8,10,12H,5,11H2,1H3/t8-,10-/m0/s1. The maximum absolute atomic E-state index is 9.56. The summed E-state index contributed by atoms with van der Waals surface area (Å²) in [6.45, 7) is 0. The monoisotopic (exact) mass is 179 g/mol. The van der Waals surface area contributed by atoms with Crippen LogP contribution in [0.2, 0.25) is 0 Å². The first-order chi connectivity index (χ1) is 6.24. The van der Waals surface area contributed by atoms with E-state index in [4.69, 9.17) is 10.5 Å². The molecule has 3 heteroatoms. The molecule has 0 aliphatic heterocycles. The second kappa shape index (κ2) is 3.01. The van der Waals surface area contributed by atoms with Gasteiger partial charge in [0.1, 0.15) is 5.75 Å². The van der Waals surface area contributed by atoms with Crippen molar-refractivity contribution in [2.24, 2.45) is 5.73 Å². The van der Waals surface area contributed by atoms with E-state index in [0.717, 1.165) is 16.9 Å². The molecule has 0 unspecified atom stereocenters. The molecule has 1 aliphatic carbocycles. The highest BCUT2D eigenvalue weighted by molar-refractivity contribution is 5.46. The number of ether oxygens (including phenoxy) is 1. The lowest BCUT2D eigenvalue weighted by molar-refractivity contribution is 0.158. The minimum atomic E-state index is -0.466. The summed E-state index contributed by atoms with van der Waals surface area (Å²) < 4.78 is 5.19. The maximum Gasteiger partial charge on any atom is 0.122 e. The number of benzene rings is 1. The Morgan fingerprint density at radius 3 is 3.00 bits per heavy atom. The Morgan fingerprint density at radius 1 is 1.54 bits per heavy atom. The van der Waals surface area contributed by atoms with Crippen molar-refractivity contribution in [1.82, 2.24) is 0 Å². The third-order valence-electron chi connectivity index (χ3n) is 2.58. The molecule has 1 aliphatic rings. The summed E-state index contributed by atoms with van der Waals surface area (Å²) in [5, 5.41) is 9.56. The molecule has 13 heavy (non-hydrogen) atoms. The zero-order chi connectivity index (χ0) is 9.42. The average molecular weight is 179 g/mol. The number of aliphatic hydroxyl groups excluding tert-OH is 1. The first-order valence-corrected chi connectivity index (χ1v) is 4.33. The Balaban J connectivity index is 2.49. The van der Waals surface area contributed by atoms with Crippen molar-refractivity contribution in [3.63, 3.8) is 0 Å². The van der Waals surface area contributed by atoms with E-state index in [2.05, 4.69) is 0 Å². The topological polar surface area (TPSA) is 55.5 Å². The van der Waals surface area contributed by atoms with Crippen molar-refractivity contribution in [3.05, 3.63) is 29.3 Å². The minimum Gasteiger partial charge on any atom is -0.496 e. The van der Waals surface area contributed by atoms with Gasteiger partial charge in [-0.15, -0.1) is 0 Å². The van der Waals surface area contributed by atoms with Gasteiger partial charge in [0.15, 0.2) is 0 Å². The number of nitrogens with two attached hydrogens (primary N) is 1. The molecule has 1 aromatic rings. The van der Waals surface area contributed by atoms with Crippen LogP contribution in [0.5, 0.6) is 5.75 Å². The second-order valence-electron chi connectivity index (χ2n) is 3.33. The fourth-order valence-corrected chi connectivity index (χ4v) is 1.85. The van der Waals surface area contributed by atoms with Gasteiger partial charge < -0.3 is 15.6 Å². The number of fused-ring (bicyclic) bond motifs is 1. The molecule has 70 valence electrons. The molecule has 0 amide bonds. The van der Waals surface area contributed by atoms with Crippen LogP contribution in [-0.4, -0.2) is 18.3 Å². The molecule has 0 saturated carbocycles. The Hall–Kier alpha value is -1.06. The molecule has 0 heterocycles. The fraction of sp³-hybridized carbons (Fsp3) is 0.400. The van der Waals surface area contributed by atoms with Crippen molar-refractivity contribution in [2.75, 3.05) is 7.11 Å². The summed E-state index contributed by atoms with van der Waals surface area (Å²) in [6.07, 6.45) is 0.131. The summed E-state index contributed by atoms with van der Waals surface area (Å²) in [5.41, 5.74) is 7.86. The highest BCUT2D eigenvalue weighted by atomic mass is 16.5. The van der Waals surface area contributed by atoms with Gasteiger partial charge >= 0.3 is 0 Å². The van der Waals surface area contributed by atoms with Crippen molar-refractivity contribution in [3.8, 4) is 5.75 Å². The highest BCUT2D eigenvalue weighted by Gasteiger charge is 2.29. The summed E-state index contributed by atoms with van der Waals surface area (Å²) >= 11 is 0. The molecule has 0 radical (unpaired) electrons. The van der Waals surface area contributed by atoms with Gasteiger partial charge in [0, 0.05) is 12.0 Å². The van der Waals surface area contributed by atoms with E-state index in [9.17, 15) is 5.11 Å². The predicted octanol–water partition coefficient (Wildman–Crippen LogP) is 0.612. The molecular weight excluding hydrogens is 166 g/mol. The van der Waals surface area contributed by atoms with Gasteiger partial charge in [-0.05, 0) is 11.6 Å². The first-order valence-electron chi connectivity index (χ1n) is 4.33. The maximum atomic E-state index is 9.56. The number of hydrogen-bond acceptors (Lipinski definition) is 3. The largest absolute Gasteiger partial charge is 0.496 e. The fourth-order valence-electron chi connectivity index (χ4n) is 1.85. The minimum absolute atomic E-state index is 0.259. The molecular formula is C10H13NO2. The Kier molecular flexibility index (Phi) is 1.98. The zero-order valence-corrected chi connectivity index (χ0v) is 7.53. The van der Waals surface area contributed by atoms with Crippen LogP contribution >= 0.6 is 0 Å². The average Bonchev–Trinajstić information content (AvgIpc) is 2.43. The van der Waals surface area contributed by atoms with Gasteiger partial charge in [0.05, 0.1) is 19.3 Å². The summed E-state index contributed by atoms with van der Waals surface area (Å²) in [7, 11) is 1.63. The number of methoxy groups -OCH3 is 1. The van der Waals surface area contributed by atoms with Crippen LogP contribution in [0, 0.1) is 0 Å². The van der Waals surface area contributed by atoms with Crippen molar-refractivity contribution in [1.29, 1.82) is 0 Å². The van der Waals surface area contributed by atoms with Gasteiger partial charge in [0.2, 0.25) is 0 Å². The van der Waals surface area contributed by atoms with Gasteiger partial charge in [-0.3, -0.25) is 0 Å². The lowest BCUT2D eigenvalue weighted by atomic mass is 10.1. The van der Waals surface area contributed by atoms with Gasteiger partial charge in [-0.2, -0.15) is 0 Å². The smallest absolute Gasteiger partial charge is 0.122 e. The van der Waals surface area contributed by atoms with Gasteiger partial charge in [0.25, 0.3) is 0 Å². The van der Waals surface area contributed by atoms with Gasteiger partial charge in [-0.1, -0.05) is 12.1 Å². The molecule has 3 nitrogen and oxygen atoms in total. The van der Waals surface area contributed by atoms with Crippen molar-refractivity contribution in [2.45, 2.75) is 18.6 Å². The lowest BCUT2D eigenvalue weighted by Crippen LogP contribution is -2.21. The van der Waals surface area contributed by atoms with Crippen molar-refractivity contribution < 1.29 is 9.84 Å². The Bertz CT molecular complexity index is 325. The molecule has 0 spiro atoms. The molecule has 0 bridgehead atoms. The third-order valence-corrected chi connectivity index (χ3v) is 2.58. The van der Waals surface area contributed by atoms with E-state index >= 15 is 0 Å². The van der Waals surface area contributed by atoms with Crippen LogP contribution in [0.1, 0.15) is 17.2 Å². The quantitative estimate of drug-likeness (QED) is 0.664. The molecule has 0 aromatic heterocycles. The van der Waals surface area contributed by atoms with E-state index < -0.39 is 6.10 Å². The molecule has 0 saturated heterocycles. The first kappa shape index (κ1) is 8.53. The van der Waals surface area contributed by atoms with Crippen LogP contribution in [-0.2, 0) is 6.42 Å². The van der Waals surface area contributed by atoms with E-state index in [1.807, 2.05) is 18.2 Å². The lowest BCUT2D eigenvalue weighted by Gasteiger charge is -2.08. The van der Waals surface area contributed by atoms with Crippen LogP contribution in [0.3, 0.4) is 0 Å². The Labute approximate surface area is 77.1 Å². The molecule has 0 fully saturated rings. The van der Waals surface area contributed by atoms with Gasteiger partial charge in [-0.25, -0.2) is 0 Å². The summed E-state index contributed by atoms with van der Waals surface area (Å²) in [6, 6.07) is 5.47. The van der Waals surface area contributed by atoms with Crippen molar-refractivity contribution >= 4 is 0 Å². The normalized spacial score (nSPS) is 25.8. The number of rotatable bonds is 1. The molecule has 3 N–H and O–H groups in total. The molecule has 2 atom stereocenters. The van der Waals surface area contributed by atoms with E-state index in [1.54, 1.807) is 7.11 Å². The number of hydrogen-bond donors (Lipinski definition) is 2. The van der Waals surface area contributed by atoms with Crippen LogP contribution in [0.25, 0.3) is 0 Å². The van der Waals surface area contributed by atoms with Crippen LogP contribution in [0.15, 0.2) is 18.2 Å². The summed E-state index contributed by atoms with van der Waals surface area (Å²) in [5.74, 6) is 0.824. The van der Waals surface area contributed by atoms with E-state index in [0.29, 0.717) is 6.42 Å². The van der Waals surface area contributed by atoms with E-state index in [-0.39, 0.29) is 6.04 Å². The third kappa shape index (κ3) is 1.20. The molecule has 2 rings (SSSR count). The Morgan fingerprint density at radius 2 is 2.31 bits per heavy atom. The SMILES string of the molecule is COc1cccc2c1C[C@H](O)[C@H]2N. The van der Waals surface area contributed by atoms with E-state index in [1.165, 1.54) is 0 Å². The molecule has 1 aromatic carbocycles. The predicted molar refractivity (Wildman–Crippen MR) is 49.6 cm³/mol.